The monoisotopic (exact) mass is 311 g/mol. The summed E-state index contributed by atoms with van der Waals surface area (Å²) in [4.78, 5) is 16.5. The second kappa shape index (κ2) is 8.32. The van der Waals surface area contributed by atoms with Gasteiger partial charge in [0.2, 0.25) is 0 Å². The molecule has 2 N–H and O–H groups in total. The number of carbonyl (C=O) groups is 1. The van der Waals surface area contributed by atoms with E-state index in [4.69, 9.17) is 0 Å². The Balaban J connectivity index is 1.96. The number of benzene rings is 1. The van der Waals surface area contributed by atoms with Gasteiger partial charge in [0.1, 0.15) is 5.69 Å². The van der Waals surface area contributed by atoms with Gasteiger partial charge in [-0.3, -0.25) is 4.79 Å². The predicted molar refractivity (Wildman–Crippen MR) is 96.1 cm³/mol. The van der Waals surface area contributed by atoms with E-state index in [0.29, 0.717) is 5.69 Å². The van der Waals surface area contributed by atoms with Crippen molar-refractivity contribution in [3.63, 3.8) is 0 Å². The van der Waals surface area contributed by atoms with Gasteiger partial charge in [0.05, 0.1) is 11.9 Å². The minimum atomic E-state index is -0.184. The summed E-state index contributed by atoms with van der Waals surface area (Å²) < 4.78 is 0. The molecule has 0 spiro atoms. The second-order valence-electron chi connectivity index (χ2n) is 5.84. The fourth-order valence-corrected chi connectivity index (χ4v) is 2.30. The Kier molecular flexibility index (Phi) is 6.15. The van der Waals surface area contributed by atoms with E-state index >= 15 is 0 Å². The van der Waals surface area contributed by atoms with Crippen molar-refractivity contribution in [2.24, 2.45) is 0 Å². The van der Waals surface area contributed by atoms with E-state index in [1.807, 2.05) is 38.1 Å². The van der Waals surface area contributed by atoms with Crippen molar-refractivity contribution >= 4 is 17.3 Å². The van der Waals surface area contributed by atoms with Crippen LogP contribution < -0.4 is 10.6 Å². The molecular weight excluding hydrogens is 286 g/mol. The number of nitrogens with zero attached hydrogens (tertiary/aromatic N) is 1. The fraction of sp³-hybridized carbons (Fsp3) is 0.368. The second-order valence-corrected chi connectivity index (χ2v) is 5.84. The summed E-state index contributed by atoms with van der Waals surface area (Å²) >= 11 is 0. The lowest BCUT2D eigenvalue weighted by Crippen LogP contribution is -2.14. The van der Waals surface area contributed by atoms with Crippen molar-refractivity contribution in [2.75, 3.05) is 17.2 Å². The highest BCUT2D eigenvalue weighted by atomic mass is 16.1. The van der Waals surface area contributed by atoms with Crippen LogP contribution in [0.4, 0.5) is 11.4 Å². The van der Waals surface area contributed by atoms with Gasteiger partial charge in [-0.25, -0.2) is 4.98 Å². The molecule has 0 aliphatic rings. The number of amides is 1. The lowest BCUT2D eigenvalue weighted by molar-refractivity contribution is 0.102. The molecule has 4 nitrogen and oxygen atoms in total. The topological polar surface area (TPSA) is 54.0 Å². The predicted octanol–water partition coefficient (Wildman–Crippen LogP) is 4.55. The van der Waals surface area contributed by atoms with E-state index in [9.17, 15) is 4.79 Å². The summed E-state index contributed by atoms with van der Waals surface area (Å²) in [6, 6.07) is 9.65. The SMILES string of the molecule is CCCCCNc1ccc(C(=O)Nc2cc(C)ccc2C)nc1. The first-order chi connectivity index (χ1) is 11.1. The van der Waals surface area contributed by atoms with Crippen molar-refractivity contribution in [3.8, 4) is 0 Å². The van der Waals surface area contributed by atoms with E-state index in [2.05, 4.69) is 22.5 Å². The molecule has 0 aliphatic carbocycles. The Hall–Kier alpha value is -2.36. The van der Waals surface area contributed by atoms with Crippen molar-refractivity contribution in [1.29, 1.82) is 0 Å². The molecule has 2 aromatic rings. The van der Waals surface area contributed by atoms with Crippen LogP contribution in [0.15, 0.2) is 36.5 Å². The van der Waals surface area contributed by atoms with Crippen LogP contribution in [0.3, 0.4) is 0 Å². The van der Waals surface area contributed by atoms with Crippen LogP contribution in [-0.2, 0) is 0 Å². The van der Waals surface area contributed by atoms with Crippen LogP contribution in [-0.4, -0.2) is 17.4 Å². The quantitative estimate of drug-likeness (QED) is 0.737. The highest BCUT2D eigenvalue weighted by molar-refractivity contribution is 6.03. The zero-order valence-corrected chi connectivity index (χ0v) is 14.1. The van der Waals surface area contributed by atoms with Crippen molar-refractivity contribution in [3.05, 3.63) is 53.3 Å². The molecule has 0 radical (unpaired) electrons. The standard InChI is InChI=1S/C19H25N3O/c1-4-5-6-11-20-16-9-10-17(21-13-16)19(23)22-18-12-14(2)7-8-15(18)3/h7-10,12-13,20H,4-6,11H2,1-3H3,(H,22,23). The summed E-state index contributed by atoms with van der Waals surface area (Å²) in [5, 5.41) is 6.24. The lowest BCUT2D eigenvalue weighted by atomic mass is 10.1. The van der Waals surface area contributed by atoms with Crippen LogP contribution in [0.1, 0.15) is 47.8 Å². The number of pyridine rings is 1. The van der Waals surface area contributed by atoms with Gasteiger partial charge in [-0.2, -0.15) is 0 Å². The summed E-state index contributed by atoms with van der Waals surface area (Å²) in [6.45, 7) is 7.10. The zero-order valence-electron chi connectivity index (χ0n) is 14.1. The maximum Gasteiger partial charge on any atom is 0.274 e. The molecular formula is C19H25N3O. The Morgan fingerprint density at radius 1 is 1.13 bits per heavy atom. The van der Waals surface area contributed by atoms with Crippen LogP contribution in [0.5, 0.6) is 0 Å². The highest BCUT2D eigenvalue weighted by Gasteiger charge is 2.09. The lowest BCUT2D eigenvalue weighted by Gasteiger charge is -2.10. The van der Waals surface area contributed by atoms with Gasteiger partial charge in [-0.15, -0.1) is 0 Å². The van der Waals surface area contributed by atoms with Crippen LogP contribution >= 0.6 is 0 Å². The number of unbranched alkanes of at least 4 members (excludes halogenated alkanes) is 2. The smallest absolute Gasteiger partial charge is 0.274 e. The highest BCUT2D eigenvalue weighted by Crippen LogP contribution is 2.17. The first kappa shape index (κ1) is 17.0. The van der Waals surface area contributed by atoms with Crippen LogP contribution in [0, 0.1) is 13.8 Å². The molecule has 0 fully saturated rings. The van der Waals surface area contributed by atoms with Gasteiger partial charge in [-0.05, 0) is 49.6 Å². The normalized spacial score (nSPS) is 10.4. The first-order valence-electron chi connectivity index (χ1n) is 8.18. The Bertz CT molecular complexity index is 650. The van der Waals surface area contributed by atoms with Gasteiger partial charge in [0.15, 0.2) is 0 Å². The van der Waals surface area contributed by atoms with Gasteiger partial charge >= 0.3 is 0 Å². The van der Waals surface area contributed by atoms with Crippen molar-refractivity contribution < 1.29 is 4.79 Å². The number of carbonyl (C=O) groups excluding carboxylic acids is 1. The van der Waals surface area contributed by atoms with Gasteiger partial charge in [0.25, 0.3) is 5.91 Å². The maximum atomic E-state index is 12.3. The van der Waals surface area contributed by atoms with Crippen molar-refractivity contribution in [1.82, 2.24) is 4.98 Å². The number of nitrogens with one attached hydrogen (secondary N) is 2. The molecule has 1 aromatic heterocycles. The Morgan fingerprint density at radius 3 is 2.65 bits per heavy atom. The summed E-state index contributed by atoms with van der Waals surface area (Å²) in [7, 11) is 0. The molecule has 1 heterocycles. The number of aryl methyl sites for hydroxylation is 2. The molecule has 0 unspecified atom stereocenters. The number of aromatic nitrogens is 1. The van der Waals surface area contributed by atoms with Crippen molar-refractivity contribution in [2.45, 2.75) is 40.0 Å². The summed E-state index contributed by atoms with van der Waals surface area (Å²) in [5.41, 5.74) is 4.36. The summed E-state index contributed by atoms with van der Waals surface area (Å²) in [6.07, 6.45) is 5.28. The fourth-order valence-electron chi connectivity index (χ4n) is 2.30. The molecule has 0 saturated carbocycles. The average molecular weight is 311 g/mol. The van der Waals surface area contributed by atoms with Gasteiger partial charge in [0, 0.05) is 12.2 Å². The van der Waals surface area contributed by atoms with Gasteiger partial charge < -0.3 is 10.6 Å². The minimum absolute atomic E-state index is 0.184. The van der Waals surface area contributed by atoms with E-state index < -0.39 is 0 Å². The molecule has 23 heavy (non-hydrogen) atoms. The number of hydrogen-bond acceptors (Lipinski definition) is 3. The van der Waals surface area contributed by atoms with E-state index in [1.54, 1.807) is 12.3 Å². The van der Waals surface area contributed by atoms with E-state index in [-0.39, 0.29) is 5.91 Å². The molecule has 0 aliphatic heterocycles. The van der Waals surface area contributed by atoms with E-state index in [1.165, 1.54) is 12.8 Å². The largest absolute Gasteiger partial charge is 0.384 e. The van der Waals surface area contributed by atoms with Crippen LogP contribution in [0.2, 0.25) is 0 Å². The number of hydrogen-bond donors (Lipinski definition) is 2. The Labute approximate surface area is 138 Å². The Morgan fingerprint density at radius 2 is 1.96 bits per heavy atom. The molecule has 0 bridgehead atoms. The molecule has 2 rings (SSSR count). The van der Waals surface area contributed by atoms with Crippen LogP contribution in [0.25, 0.3) is 0 Å². The minimum Gasteiger partial charge on any atom is -0.384 e. The maximum absolute atomic E-state index is 12.3. The number of anilines is 2. The average Bonchev–Trinajstić information content (AvgIpc) is 2.55. The third-order valence-electron chi connectivity index (χ3n) is 3.75. The molecule has 1 amide bonds. The van der Waals surface area contributed by atoms with E-state index in [0.717, 1.165) is 35.5 Å². The molecule has 122 valence electrons. The third kappa shape index (κ3) is 5.09. The molecule has 1 aromatic carbocycles. The third-order valence-corrected chi connectivity index (χ3v) is 3.75. The zero-order chi connectivity index (χ0) is 16.7. The van der Waals surface area contributed by atoms with Gasteiger partial charge in [-0.1, -0.05) is 31.9 Å². The summed E-state index contributed by atoms with van der Waals surface area (Å²) in [5.74, 6) is -0.184. The molecule has 0 saturated heterocycles. The molecule has 4 heteroatoms. The molecule has 0 atom stereocenters. The number of rotatable bonds is 7. The first-order valence-corrected chi connectivity index (χ1v) is 8.18.